The zero-order valence-electron chi connectivity index (χ0n) is 10.9. The van der Waals surface area contributed by atoms with Gasteiger partial charge in [0.2, 0.25) is 0 Å². The first-order chi connectivity index (χ1) is 9.75. The minimum atomic E-state index is -0.000174. The molecule has 4 N–H and O–H groups in total. The zero-order chi connectivity index (χ0) is 13.9. The molecule has 0 bridgehead atoms. The molecule has 0 fully saturated rings. The van der Waals surface area contributed by atoms with Crippen LogP contribution in [0.2, 0.25) is 0 Å². The van der Waals surface area contributed by atoms with Crippen LogP contribution in [0.3, 0.4) is 0 Å². The van der Waals surface area contributed by atoms with Crippen LogP contribution in [0.4, 0.5) is 10.8 Å². The standard InChI is InChI=1S/C13H14N6S/c1-8(12-15-7-16-18-12)17-13-10(11(14)19-20-13)9-5-3-2-4-6-9/h2-8,17H,1H3,(H2,14,19)(H,15,16,18). The van der Waals surface area contributed by atoms with Gasteiger partial charge in [-0.2, -0.15) is 9.47 Å². The lowest BCUT2D eigenvalue weighted by atomic mass is 10.1. The molecule has 0 radical (unpaired) electrons. The number of aromatic amines is 1. The van der Waals surface area contributed by atoms with Gasteiger partial charge in [0.25, 0.3) is 0 Å². The summed E-state index contributed by atoms with van der Waals surface area (Å²) < 4.78 is 4.24. The Labute approximate surface area is 120 Å². The molecule has 0 amide bonds. The van der Waals surface area contributed by atoms with Gasteiger partial charge in [0.1, 0.15) is 23.0 Å². The van der Waals surface area contributed by atoms with E-state index in [0.29, 0.717) is 5.82 Å². The first kappa shape index (κ1) is 12.6. The third-order valence-electron chi connectivity index (χ3n) is 2.97. The normalized spacial score (nSPS) is 12.2. The largest absolute Gasteiger partial charge is 0.382 e. The predicted octanol–water partition coefficient (Wildman–Crippen LogP) is 2.68. The van der Waals surface area contributed by atoms with Crippen LogP contribution in [0.15, 0.2) is 36.7 Å². The van der Waals surface area contributed by atoms with Gasteiger partial charge >= 0.3 is 0 Å². The smallest absolute Gasteiger partial charge is 0.147 e. The van der Waals surface area contributed by atoms with E-state index in [1.807, 2.05) is 37.3 Å². The summed E-state index contributed by atoms with van der Waals surface area (Å²) in [6.45, 7) is 2.01. The maximum atomic E-state index is 5.99. The van der Waals surface area contributed by atoms with Gasteiger partial charge in [0, 0.05) is 0 Å². The Balaban J connectivity index is 1.92. The van der Waals surface area contributed by atoms with Crippen LogP contribution in [0, 0.1) is 0 Å². The molecular weight excluding hydrogens is 272 g/mol. The van der Waals surface area contributed by atoms with Gasteiger partial charge in [-0.05, 0) is 24.0 Å². The fraction of sp³-hybridized carbons (Fsp3) is 0.154. The van der Waals surface area contributed by atoms with Crippen LogP contribution in [-0.2, 0) is 0 Å². The van der Waals surface area contributed by atoms with E-state index in [4.69, 9.17) is 5.73 Å². The fourth-order valence-electron chi connectivity index (χ4n) is 1.97. The number of anilines is 2. The molecule has 0 saturated heterocycles. The summed E-state index contributed by atoms with van der Waals surface area (Å²) in [4.78, 5) is 4.15. The fourth-order valence-corrected chi connectivity index (χ4v) is 2.80. The van der Waals surface area contributed by atoms with E-state index >= 15 is 0 Å². The molecule has 7 heteroatoms. The highest BCUT2D eigenvalue weighted by Crippen LogP contribution is 2.37. The highest BCUT2D eigenvalue weighted by Gasteiger charge is 2.17. The Hall–Kier alpha value is -2.41. The Morgan fingerprint density at radius 2 is 2.10 bits per heavy atom. The van der Waals surface area contributed by atoms with Crippen LogP contribution in [0.25, 0.3) is 11.1 Å². The van der Waals surface area contributed by atoms with Gasteiger partial charge in [0.15, 0.2) is 0 Å². The maximum Gasteiger partial charge on any atom is 0.147 e. The van der Waals surface area contributed by atoms with Crippen molar-refractivity contribution in [2.75, 3.05) is 11.1 Å². The lowest BCUT2D eigenvalue weighted by molar-refractivity contribution is 0.799. The van der Waals surface area contributed by atoms with Gasteiger partial charge in [-0.1, -0.05) is 30.3 Å². The number of nitrogens with two attached hydrogens (primary N) is 1. The summed E-state index contributed by atoms with van der Waals surface area (Å²) in [6.07, 6.45) is 1.49. The molecule has 0 spiro atoms. The maximum absolute atomic E-state index is 5.99. The Kier molecular flexibility index (Phi) is 3.34. The van der Waals surface area contributed by atoms with Crippen molar-refractivity contribution in [3.05, 3.63) is 42.5 Å². The molecule has 1 atom stereocenters. The molecule has 1 unspecified atom stereocenters. The van der Waals surface area contributed by atoms with E-state index < -0.39 is 0 Å². The lowest BCUT2D eigenvalue weighted by Gasteiger charge is -2.12. The van der Waals surface area contributed by atoms with Crippen molar-refractivity contribution in [2.24, 2.45) is 0 Å². The molecule has 2 heterocycles. The lowest BCUT2D eigenvalue weighted by Crippen LogP contribution is -2.08. The second kappa shape index (κ2) is 5.30. The van der Waals surface area contributed by atoms with E-state index in [2.05, 4.69) is 24.9 Å². The minimum absolute atomic E-state index is 0.000174. The van der Waals surface area contributed by atoms with Gasteiger partial charge < -0.3 is 11.1 Å². The first-order valence-corrected chi connectivity index (χ1v) is 6.95. The number of H-pyrrole nitrogens is 1. The van der Waals surface area contributed by atoms with E-state index in [-0.39, 0.29) is 6.04 Å². The predicted molar refractivity (Wildman–Crippen MR) is 80.4 cm³/mol. The third kappa shape index (κ3) is 2.35. The number of nitrogens with one attached hydrogen (secondary N) is 2. The average Bonchev–Trinajstić information content (AvgIpc) is 3.10. The summed E-state index contributed by atoms with van der Waals surface area (Å²) in [5.41, 5.74) is 7.97. The number of nitrogens with zero attached hydrogens (tertiary/aromatic N) is 3. The summed E-state index contributed by atoms with van der Waals surface area (Å²) in [5.74, 6) is 1.31. The molecule has 6 nitrogen and oxygen atoms in total. The Bertz CT molecular complexity index is 676. The molecule has 2 aromatic heterocycles. The Morgan fingerprint density at radius 1 is 1.30 bits per heavy atom. The van der Waals surface area contributed by atoms with Crippen LogP contribution >= 0.6 is 11.5 Å². The number of hydrogen-bond acceptors (Lipinski definition) is 6. The monoisotopic (exact) mass is 286 g/mol. The molecule has 3 aromatic rings. The SMILES string of the molecule is CC(Nc1snc(N)c1-c1ccccc1)c1ncn[nH]1. The molecule has 0 saturated carbocycles. The van der Waals surface area contributed by atoms with Crippen LogP contribution in [0.1, 0.15) is 18.8 Å². The number of hydrogen-bond donors (Lipinski definition) is 3. The zero-order valence-corrected chi connectivity index (χ0v) is 11.7. The van der Waals surface area contributed by atoms with Crippen molar-refractivity contribution >= 4 is 22.4 Å². The van der Waals surface area contributed by atoms with Crippen molar-refractivity contribution in [2.45, 2.75) is 13.0 Å². The molecule has 102 valence electrons. The number of rotatable bonds is 4. The number of benzene rings is 1. The minimum Gasteiger partial charge on any atom is -0.382 e. The summed E-state index contributed by atoms with van der Waals surface area (Å²) in [5, 5.41) is 11.0. The molecule has 20 heavy (non-hydrogen) atoms. The molecule has 1 aromatic carbocycles. The highest BCUT2D eigenvalue weighted by molar-refractivity contribution is 7.11. The second-order valence-corrected chi connectivity index (χ2v) is 5.15. The molecular formula is C13H14N6S. The van der Waals surface area contributed by atoms with Gasteiger partial charge in [-0.15, -0.1) is 0 Å². The van der Waals surface area contributed by atoms with Crippen molar-refractivity contribution in [1.29, 1.82) is 0 Å². The van der Waals surface area contributed by atoms with Crippen LogP contribution < -0.4 is 11.1 Å². The molecule has 0 aliphatic heterocycles. The number of nitrogen functional groups attached to an aromatic ring is 1. The van der Waals surface area contributed by atoms with E-state index in [9.17, 15) is 0 Å². The summed E-state index contributed by atoms with van der Waals surface area (Å²) in [7, 11) is 0. The summed E-state index contributed by atoms with van der Waals surface area (Å²) >= 11 is 1.35. The third-order valence-corrected chi connectivity index (χ3v) is 3.76. The van der Waals surface area contributed by atoms with Crippen LogP contribution in [-0.4, -0.2) is 19.6 Å². The van der Waals surface area contributed by atoms with Gasteiger partial charge in [-0.3, -0.25) is 5.10 Å². The Morgan fingerprint density at radius 3 is 2.80 bits per heavy atom. The average molecular weight is 286 g/mol. The van der Waals surface area contributed by atoms with Crippen molar-refractivity contribution < 1.29 is 0 Å². The van der Waals surface area contributed by atoms with E-state index in [1.54, 1.807) is 0 Å². The molecule has 0 aliphatic rings. The second-order valence-electron chi connectivity index (χ2n) is 4.37. The van der Waals surface area contributed by atoms with Crippen molar-refractivity contribution in [3.63, 3.8) is 0 Å². The van der Waals surface area contributed by atoms with Crippen molar-refractivity contribution in [3.8, 4) is 11.1 Å². The first-order valence-electron chi connectivity index (χ1n) is 6.18. The van der Waals surface area contributed by atoms with Gasteiger partial charge in [0.05, 0.1) is 11.6 Å². The quantitative estimate of drug-likeness (QED) is 0.685. The number of aromatic nitrogens is 4. The van der Waals surface area contributed by atoms with Gasteiger partial charge in [-0.25, -0.2) is 4.98 Å². The van der Waals surface area contributed by atoms with E-state index in [1.165, 1.54) is 17.9 Å². The topological polar surface area (TPSA) is 92.5 Å². The van der Waals surface area contributed by atoms with E-state index in [0.717, 1.165) is 22.0 Å². The highest BCUT2D eigenvalue weighted by atomic mass is 32.1. The summed E-state index contributed by atoms with van der Waals surface area (Å²) in [6, 6.07) is 9.98. The molecule has 0 aliphatic carbocycles. The molecule has 3 rings (SSSR count). The van der Waals surface area contributed by atoms with Crippen LogP contribution in [0.5, 0.6) is 0 Å². The van der Waals surface area contributed by atoms with Crippen molar-refractivity contribution in [1.82, 2.24) is 19.6 Å².